The zero-order chi connectivity index (χ0) is 22.1. The van der Waals surface area contributed by atoms with Crippen molar-refractivity contribution in [3.63, 3.8) is 0 Å². The second-order valence-electron chi connectivity index (χ2n) is 6.87. The molecule has 0 unspecified atom stereocenters. The maximum atomic E-state index is 12.4. The minimum absolute atomic E-state index is 0.153. The summed E-state index contributed by atoms with van der Waals surface area (Å²) in [6.45, 7) is 4.34. The van der Waals surface area contributed by atoms with Crippen LogP contribution in [-0.4, -0.2) is 40.8 Å². The van der Waals surface area contributed by atoms with Gasteiger partial charge in [-0.15, -0.1) is 0 Å². The molecule has 0 bridgehead atoms. The Morgan fingerprint density at radius 1 is 1.10 bits per heavy atom. The lowest BCUT2D eigenvalue weighted by molar-refractivity contribution is -0.121. The Balaban J connectivity index is 2.01. The Morgan fingerprint density at radius 2 is 1.73 bits per heavy atom. The molecule has 2 aromatic carbocycles. The molecule has 2 rings (SSSR count). The number of amides is 1. The van der Waals surface area contributed by atoms with E-state index in [9.17, 15) is 13.2 Å². The smallest absolute Gasteiger partial charge is 0.232 e. The summed E-state index contributed by atoms with van der Waals surface area (Å²) in [5.41, 5.74) is 1.36. The van der Waals surface area contributed by atoms with E-state index in [1.165, 1.54) is 4.31 Å². The van der Waals surface area contributed by atoms with Crippen molar-refractivity contribution >= 4 is 21.6 Å². The molecule has 0 radical (unpaired) electrons. The molecule has 1 N–H and O–H groups in total. The lowest BCUT2D eigenvalue weighted by Crippen LogP contribution is -2.33. The van der Waals surface area contributed by atoms with Crippen molar-refractivity contribution in [2.45, 2.75) is 32.7 Å². The van der Waals surface area contributed by atoms with Crippen LogP contribution >= 0.6 is 0 Å². The number of nitrogens with zero attached hydrogens (tertiary/aromatic N) is 1. The Labute approximate surface area is 179 Å². The fourth-order valence-corrected chi connectivity index (χ4v) is 4.17. The summed E-state index contributed by atoms with van der Waals surface area (Å²) in [6, 6.07) is 14.3. The summed E-state index contributed by atoms with van der Waals surface area (Å²) in [5.74, 6) is 1.06. The Bertz CT molecular complexity index is 946. The van der Waals surface area contributed by atoms with E-state index < -0.39 is 10.0 Å². The largest absolute Gasteiger partial charge is 0.496 e. The van der Waals surface area contributed by atoms with Crippen LogP contribution in [-0.2, 0) is 14.8 Å². The van der Waals surface area contributed by atoms with E-state index in [1.807, 2.05) is 38.1 Å². The van der Waals surface area contributed by atoms with Gasteiger partial charge in [0.05, 0.1) is 31.7 Å². The van der Waals surface area contributed by atoms with Crippen LogP contribution in [0.15, 0.2) is 48.5 Å². The quantitative estimate of drug-likeness (QED) is 0.585. The lowest BCUT2D eigenvalue weighted by atomic mass is 10.1. The normalized spacial score (nSPS) is 12.1. The monoisotopic (exact) mass is 434 g/mol. The topological polar surface area (TPSA) is 84.9 Å². The zero-order valence-electron chi connectivity index (χ0n) is 17.9. The van der Waals surface area contributed by atoms with Gasteiger partial charge in [-0.25, -0.2) is 8.42 Å². The molecular formula is C22H30N2O5S. The number of carbonyl (C=O) groups excluding carboxylic acids is 1. The minimum atomic E-state index is -3.53. The molecule has 1 amide bonds. The molecule has 0 heterocycles. The van der Waals surface area contributed by atoms with Crippen molar-refractivity contribution in [3.05, 3.63) is 54.1 Å². The number of para-hydroxylation sites is 3. The lowest BCUT2D eigenvalue weighted by Gasteiger charge is -2.24. The number of ether oxygens (including phenoxy) is 2. The fourth-order valence-electron chi connectivity index (χ4n) is 3.20. The van der Waals surface area contributed by atoms with Crippen LogP contribution in [0.5, 0.6) is 11.5 Å². The molecule has 8 heteroatoms. The zero-order valence-corrected chi connectivity index (χ0v) is 18.7. The molecule has 164 valence electrons. The second-order valence-corrected chi connectivity index (χ2v) is 8.78. The molecule has 0 spiro atoms. The summed E-state index contributed by atoms with van der Waals surface area (Å²) >= 11 is 0. The highest BCUT2D eigenvalue weighted by atomic mass is 32.2. The summed E-state index contributed by atoms with van der Waals surface area (Å²) in [5, 5.41) is 2.94. The number of rotatable bonds is 11. The molecule has 30 heavy (non-hydrogen) atoms. The molecule has 7 nitrogen and oxygen atoms in total. The van der Waals surface area contributed by atoms with Crippen molar-refractivity contribution in [2.24, 2.45) is 0 Å². The van der Waals surface area contributed by atoms with Crippen LogP contribution in [0.25, 0.3) is 0 Å². The van der Waals surface area contributed by atoms with Gasteiger partial charge in [-0.2, -0.15) is 0 Å². The number of benzene rings is 2. The summed E-state index contributed by atoms with van der Waals surface area (Å²) < 4.78 is 36.9. The molecule has 0 aliphatic heterocycles. The van der Waals surface area contributed by atoms with Gasteiger partial charge in [-0.05, 0) is 38.5 Å². The molecule has 1 atom stereocenters. The van der Waals surface area contributed by atoms with Gasteiger partial charge >= 0.3 is 0 Å². The van der Waals surface area contributed by atoms with Gasteiger partial charge in [0.15, 0.2) is 0 Å². The van der Waals surface area contributed by atoms with E-state index in [-0.39, 0.29) is 24.9 Å². The number of hydrogen-bond donors (Lipinski definition) is 1. The first-order chi connectivity index (χ1) is 14.3. The molecule has 0 aromatic heterocycles. The van der Waals surface area contributed by atoms with Crippen LogP contribution in [0.1, 0.15) is 38.3 Å². The summed E-state index contributed by atoms with van der Waals surface area (Å²) in [7, 11) is -1.94. The van der Waals surface area contributed by atoms with E-state index in [0.717, 1.165) is 11.8 Å². The first-order valence-corrected chi connectivity index (χ1v) is 11.7. The van der Waals surface area contributed by atoms with Gasteiger partial charge in [0.2, 0.25) is 15.9 Å². The predicted molar refractivity (Wildman–Crippen MR) is 119 cm³/mol. The molecule has 0 aliphatic carbocycles. The van der Waals surface area contributed by atoms with Crippen molar-refractivity contribution in [1.82, 2.24) is 5.32 Å². The summed E-state index contributed by atoms with van der Waals surface area (Å²) in [6.07, 6.45) is 1.72. The first-order valence-electron chi connectivity index (χ1n) is 9.89. The van der Waals surface area contributed by atoms with Gasteiger partial charge in [0.1, 0.15) is 11.5 Å². The van der Waals surface area contributed by atoms with E-state index >= 15 is 0 Å². The van der Waals surface area contributed by atoms with Crippen LogP contribution in [0.4, 0.5) is 5.69 Å². The van der Waals surface area contributed by atoms with Gasteiger partial charge in [0, 0.05) is 18.5 Å². The molecule has 0 fully saturated rings. The van der Waals surface area contributed by atoms with E-state index in [0.29, 0.717) is 30.2 Å². The van der Waals surface area contributed by atoms with Gasteiger partial charge < -0.3 is 14.8 Å². The highest BCUT2D eigenvalue weighted by molar-refractivity contribution is 7.92. The van der Waals surface area contributed by atoms with Crippen LogP contribution in [0, 0.1) is 0 Å². The third kappa shape index (κ3) is 6.38. The molecule has 0 saturated carbocycles. The van der Waals surface area contributed by atoms with Crippen LogP contribution in [0.2, 0.25) is 0 Å². The third-order valence-corrected chi connectivity index (χ3v) is 5.76. The number of anilines is 1. The van der Waals surface area contributed by atoms with E-state index in [1.54, 1.807) is 31.4 Å². The number of carbonyl (C=O) groups is 1. The molecular weight excluding hydrogens is 404 g/mol. The molecule has 0 aliphatic rings. The van der Waals surface area contributed by atoms with Crippen molar-refractivity contribution in [1.29, 1.82) is 0 Å². The van der Waals surface area contributed by atoms with Gasteiger partial charge in [0.25, 0.3) is 0 Å². The predicted octanol–water partition coefficient (Wildman–Crippen LogP) is 3.52. The highest BCUT2D eigenvalue weighted by Gasteiger charge is 2.21. The first kappa shape index (κ1) is 23.5. The number of methoxy groups -OCH3 is 1. The van der Waals surface area contributed by atoms with E-state index in [2.05, 4.69) is 5.32 Å². The maximum Gasteiger partial charge on any atom is 0.232 e. The Kier molecular flexibility index (Phi) is 8.53. The fraction of sp³-hybridized carbons (Fsp3) is 0.409. The minimum Gasteiger partial charge on any atom is -0.496 e. The standard InChI is InChI=1S/C22H30N2O5S/c1-5-29-21-14-9-7-12-19(21)24(30(4,26)27)16-10-15-22(25)23-17(2)18-11-6-8-13-20(18)28-3/h6-9,11-14,17H,5,10,15-16H2,1-4H3,(H,23,25)/t17-/m0/s1. The van der Waals surface area contributed by atoms with E-state index in [4.69, 9.17) is 9.47 Å². The summed E-state index contributed by atoms with van der Waals surface area (Å²) in [4.78, 5) is 12.4. The SMILES string of the molecule is CCOc1ccccc1N(CCCC(=O)N[C@@H](C)c1ccccc1OC)S(C)(=O)=O. The number of hydrogen-bond acceptors (Lipinski definition) is 5. The van der Waals surface area contributed by atoms with Crippen molar-refractivity contribution in [3.8, 4) is 11.5 Å². The number of nitrogens with one attached hydrogen (secondary N) is 1. The maximum absolute atomic E-state index is 12.4. The van der Waals surface area contributed by atoms with Gasteiger partial charge in [-0.1, -0.05) is 30.3 Å². The molecule has 0 saturated heterocycles. The van der Waals surface area contributed by atoms with Crippen LogP contribution in [0.3, 0.4) is 0 Å². The second kappa shape index (κ2) is 10.9. The average Bonchev–Trinajstić information content (AvgIpc) is 2.71. The number of sulfonamides is 1. The van der Waals surface area contributed by atoms with Gasteiger partial charge in [-0.3, -0.25) is 9.10 Å². The molecule has 2 aromatic rings. The Morgan fingerprint density at radius 3 is 2.37 bits per heavy atom. The Hall–Kier alpha value is -2.74. The third-order valence-electron chi connectivity index (χ3n) is 4.58. The van der Waals surface area contributed by atoms with Crippen molar-refractivity contribution in [2.75, 3.05) is 30.8 Å². The highest BCUT2D eigenvalue weighted by Crippen LogP contribution is 2.30. The van der Waals surface area contributed by atoms with Crippen molar-refractivity contribution < 1.29 is 22.7 Å². The van der Waals surface area contributed by atoms with Crippen LogP contribution < -0.4 is 19.1 Å². The average molecular weight is 435 g/mol.